The first kappa shape index (κ1) is 42.6. The predicted molar refractivity (Wildman–Crippen MR) is 218 cm³/mol. The molecular formula is C42H65ClN4O4S. The molecule has 4 aliphatic rings. The fraction of sp³-hybridized carbons (Fsp3) is 0.643. The summed E-state index contributed by atoms with van der Waals surface area (Å²) in [5.74, 6) is 3.19. The van der Waals surface area contributed by atoms with Gasteiger partial charge in [0.05, 0.1) is 19.8 Å². The summed E-state index contributed by atoms with van der Waals surface area (Å²) in [4.78, 5) is 18.1. The van der Waals surface area contributed by atoms with E-state index >= 15 is 0 Å². The first-order valence-electron chi connectivity index (χ1n) is 19.5. The highest BCUT2D eigenvalue weighted by atomic mass is 35.5. The molecule has 3 aliphatic heterocycles. The zero-order chi connectivity index (χ0) is 37.3. The third-order valence-corrected chi connectivity index (χ3v) is 12.2. The number of fused-ring (bicyclic) bond motifs is 14. The molecule has 3 heterocycles. The van der Waals surface area contributed by atoms with Crippen LogP contribution in [0.2, 0.25) is 5.02 Å². The van der Waals surface area contributed by atoms with Gasteiger partial charge < -0.3 is 24.4 Å². The van der Waals surface area contributed by atoms with Crippen LogP contribution in [0.15, 0.2) is 54.6 Å². The number of carbonyl (C=O) groups is 1. The number of allylic oxidation sites excluding steroid dienone is 1. The number of aryl methyl sites for hydroxylation is 1. The van der Waals surface area contributed by atoms with Crippen LogP contribution in [0, 0.1) is 23.7 Å². The lowest BCUT2D eigenvalue weighted by atomic mass is 9.66. The Labute approximate surface area is 323 Å². The van der Waals surface area contributed by atoms with Crippen molar-refractivity contribution in [3.8, 4) is 5.75 Å². The van der Waals surface area contributed by atoms with Crippen LogP contribution in [-0.4, -0.2) is 108 Å². The summed E-state index contributed by atoms with van der Waals surface area (Å²) in [6, 6.07) is 13.9. The maximum absolute atomic E-state index is 13.0. The molecule has 6 rings (SSSR count). The number of morpholine rings is 1. The summed E-state index contributed by atoms with van der Waals surface area (Å²) in [6.45, 7) is 16.1. The Balaban J connectivity index is 0.00000195. The fourth-order valence-electron chi connectivity index (χ4n) is 7.51. The molecule has 10 heteroatoms. The molecule has 2 aromatic carbocycles. The number of benzene rings is 2. The highest BCUT2D eigenvalue weighted by molar-refractivity contribution is 7.98. The smallest absolute Gasteiger partial charge is 0.261 e. The van der Waals surface area contributed by atoms with Gasteiger partial charge in [-0.3, -0.25) is 14.4 Å². The summed E-state index contributed by atoms with van der Waals surface area (Å²) < 4.78 is 19.3. The summed E-state index contributed by atoms with van der Waals surface area (Å²) in [6.07, 6.45) is 10.6. The number of methoxy groups -OCH3 is 1. The fourth-order valence-corrected chi connectivity index (χ4v) is 8.46. The predicted octanol–water partition coefficient (Wildman–Crippen LogP) is 7.58. The van der Waals surface area contributed by atoms with Crippen molar-refractivity contribution in [1.82, 2.24) is 19.8 Å². The van der Waals surface area contributed by atoms with Crippen LogP contribution in [-0.2, 0) is 15.9 Å². The number of nitrogens with one attached hydrogen (secondary N) is 2. The van der Waals surface area contributed by atoms with E-state index < -0.39 is 0 Å². The Hall–Kier alpha value is -2.11. The van der Waals surface area contributed by atoms with Crippen LogP contribution in [0.25, 0.3) is 0 Å². The molecular weight excluding hydrogens is 692 g/mol. The average Bonchev–Trinajstić information content (AvgIpc) is 3.13. The molecule has 52 heavy (non-hydrogen) atoms. The summed E-state index contributed by atoms with van der Waals surface area (Å²) in [7, 11) is 5.53. The van der Waals surface area contributed by atoms with Crippen LogP contribution in [0.5, 0.6) is 5.75 Å². The van der Waals surface area contributed by atoms with E-state index in [0.717, 1.165) is 89.1 Å². The molecule has 8 nitrogen and oxygen atoms in total. The topological polar surface area (TPSA) is 75.3 Å². The Bertz CT molecular complexity index is 1360. The standard InChI is InChI=1S/C40H59ClN4O3S.C2H6O/c1-5-7-32-24-36(41)13-17-38(32)35-27-44(4)26-34-12-16-39(34)33(25-42-18-19-45-20-22-47-23-21-45)9-6-8-29(2)30(3)49-43-40(46)31-10-14-37(15-11-31)48-28-35;1-3-2/h6,9-11,13-15,17,24,29-30,33-35,39,42H,5,7-8,12,16,18-23,25-28H2,1-4H3,(H,43,46);1-2H3/b9-6+;. The van der Waals surface area contributed by atoms with Crippen molar-refractivity contribution in [1.29, 1.82) is 0 Å². The number of nitrogens with zero attached hydrogens (tertiary/aromatic N) is 2. The Morgan fingerprint density at radius 1 is 1.06 bits per heavy atom. The maximum atomic E-state index is 13.0. The van der Waals surface area contributed by atoms with Gasteiger partial charge in [-0.25, -0.2) is 0 Å². The van der Waals surface area contributed by atoms with Gasteiger partial charge in [-0.15, -0.1) is 0 Å². The number of ether oxygens (including phenoxy) is 3. The van der Waals surface area contributed by atoms with Gasteiger partial charge in [-0.05, 0) is 116 Å². The van der Waals surface area contributed by atoms with E-state index in [0.29, 0.717) is 41.1 Å². The average molecular weight is 758 g/mol. The lowest BCUT2D eigenvalue weighted by molar-refractivity contribution is 0.0379. The van der Waals surface area contributed by atoms with E-state index in [1.807, 2.05) is 30.3 Å². The van der Waals surface area contributed by atoms with Gasteiger partial charge >= 0.3 is 0 Å². The van der Waals surface area contributed by atoms with E-state index in [9.17, 15) is 4.79 Å². The van der Waals surface area contributed by atoms with Crippen LogP contribution in [0.1, 0.15) is 73.9 Å². The molecule has 290 valence electrons. The zero-order valence-corrected chi connectivity index (χ0v) is 34.2. The lowest BCUT2D eigenvalue weighted by Gasteiger charge is -2.43. The monoisotopic (exact) mass is 756 g/mol. The van der Waals surface area contributed by atoms with Crippen LogP contribution >= 0.6 is 23.5 Å². The second kappa shape index (κ2) is 23.0. The highest BCUT2D eigenvalue weighted by Crippen LogP contribution is 2.41. The molecule has 1 saturated heterocycles. The molecule has 2 bridgehead atoms. The Morgan fingerprint density at radius 2 is 1.81 bits per heavy atom. The van der Waals surface area contributed by atoms with Crippen molar-refractivity contribution < 1.29 is 19.0 Å². The molecule has 0 aromatic heterocycles. The number of likely N-dealkylation sites (N-methyl/N-ethyl adjacent to an activating group) is 1. The van der Waals surface area contributed by atoms with Crippen molar-refractivity contribution in [2.24, 2.45) is 23.7 Å². The van der Waals surface area contributed by atoms with Gasteiger partial charge in [0.25, 0.3) is 5.91 Å². The largest absolute Gasteiger partial charge is 0.493 e. The molecule has 0 radical (unpaired) electrons. The maximum Gasteiger partial charge on any atom is 0.261 e. The normalized spacial score (nSPS) is 27.5. The van der Waals surface area contributed by atoms with Crippen molar-refractivity contribution in [3.63, 3.8) is 0 Å². The molecule has 1 saturated carbocycles. The molecule has 2 fully saturated rings. The number of rotatable bonds is 8. The highest BCUT2D eigenvalue weighted by Gasteiger charge is 2.36. The number of halogens is 1. The molecule has 2 N–H and O–H groups in total. The van der Waals surface area contributed by atoms with Gasteiger partial charge in [0.15, 0.2) is 0 Å². The third-order valence-electron chi connectivity index (χ3n) is 10.9. The minimum absolute atomic E-state index is 0.0684. The van der Waals surface area contributed by atoms with E-state index in [4.69, 9.17) is 21.1 Å². The third kappa shape index (κ3) is 13.6. The molecule has 2 aromatic rings. The van der Waals surface area contributed by atoms with E-state index in [1.54, 1.807) is 14.2 Å². The van der Waals surface area contributed by atoms with Gasteiger partial charge in [0, 0.05) is 81.8 Å². The quantitative estimate of drug-likeness (QED) is 0.162. The first-order chi connectivity index (χ1) is 25.2. The summed E-state index contributed by atoms with van der Waals surface area (Å²) in [5.41, 5.74) is 3.28. The summed E-state index contributed by atoms with van der Waals surface area (Å²) in [5, 5.41) is 4.91. The van der Waals surface area contributed by atoms with Crippen molar-refractivity contribution in [2.75, 3.05) is 86.9 Å². The van der Waals surface area contributed by atoms with E-state index in [1.165, 1.54) is 35.9 Å². The minimum atomic E-state index is -0.0684. The van der Waals surface area contributed by atoms with Gasteiger partial charge in [0.2, 0.25) is 0 Å². The first-order valence-corrected chi connectivity index (χ1v) is 20.7. The van der Waals surface area contributed by atoms with Crippen LogP contribution < -0.4 is 14.8 Å². The number of hydrogen-bond donors (Lipinski definition) is 2. The molecule has 1 amide bonds. The van der Waals surface area contributed by atoms with E-state index in [-0.39, 0.29) is 11.8 Å². The lowest BCUT2D eigenvalue weighted by Crippen LogP contribution is -2.44. The van der Waals surface area contributed by atoms with E-state index in [2.05, 4.69) is 76.7 Å². The van der Waals surface area contributed by atoms with Gasteiger partial charge in [-0.2, -0.15) is 0 Å². The van der Waals surface area contributed by atoms with Gasteiger partial charge in [0.1, 0.15) is 5.75 Å². The Kier molecular flexibility index (Phi) is 18.8. The zero-order valence-electron chi connectivity index (χ0n) is 32.6. The van der Waals surface area contributed by atoms with Crippen molar-refractivity contribution in [2.45, 2.75) is 64.0 Å². The van der Waals surface area contributed by atoms with Crippen molar-refractivity contribution >= 4 is 29.5 Å². The second-order valence-corrected chi connectivity index (χ2v) is 16.6. The SMILES string of the molecule is CCCc1cc(Cl)ccc1C1COc2ccc(cc2)C(=O)NSC(C)C(C)C/C=C/C(CNCCN2CCOCC2)C2CCC2CN(C)C1.COC. The number of hydrogen-bond acceptors (Lipinski definition) is 8. The van der Waals surface area contributed by atoms with Gasteiger partial charge in [-0.1, -0.05) is 57.0 Å². The molecule has 1 aliphatic carbocycles. The van der Waals surface area contributed by atoms with Crippen LogP contribution in [0.3, 0.4) is 0 Å². The molecule has 0 spiro atoms. The molecule has 6 atom stereocenters. The summed E-state index contributed by atoms with van der Waals surface area (Å²) >= 11 is 8.01. The Morgan fingerprint density at radius 3 is 2.50 bits per heavy atom. The number of amides is 1. The van der Waals surface area contributed by atoms with Crippen molar-refractivity contribution in [3.05, 3.63) is 76.3 Å². The second-order valence-electron chi connectivity index (χ2n) is 15.0. The van der Waals surface area contributed by atoms with Crippen LogP contribution in [0.4, 0.5) is 0 Å². The number of carbonyl (C=O) groups excluding carboxylic acids is 1. The minimum Gasteiger partial charge on any atom is -0.493 e. The molecule has 6 unspecified atom stereocenters.